The molecule has 1 aromatic heterocycles. The van der Waals surface area contributed by atoms with Crippen LogP contribution >= 0.6 is 0 Å². The molecular formula is C13H13N3O4S. The van der Waals surface area contributed by atoms with Gasteiger partial charge in [0.2, 0.25) is 10.0 Å². The van der Waals surface area contributed by atoms with E-state index in [0.717, 1.165) is 11.3 Å². The molecule has 0 spiro atoms. The predicted octanol–water partition coefficient (Wildman–Crippen LogP) is 1.67. The van der Waals surface area contributed by atoms with Gasteiger partial charge in [-0.2, -0.15) is 4.31 Å². The molecule has 0 saturated carbocycles. The maximum absolute atomic E-state index is 12.5. The van der Waals surface area contributed by atoms with Crippen molar-refractivity contribution in [3.05, 3.63) is 57.9 Å². The molecule has 8 heteroatoms. The number of benzene rings is 1. The van der Waals surface area contributed by atoms with Crippen molar-refractivity contribution in [2.45, 2.75) is 17.9 Å². The molecule has 0 saturated heterocycles. The maximum atomic E-state index is 12.5. The average molecular weight is 307 g/mol. The van der Waals surface area contributed by atoms with E-state index >= 15 is 0 Å². The standard InChI is InChI=1S/C13H13N3O4S/c17-16(18)11-1-3-12(4-2-11)21(19,20)15-8-6-13-10(9-15)5-7-14-13/h1-5,7,14H,6,8-9H2. The van der Waals surface area contributed by atoms with E-state index in [-0.39, 0.29) is 10.6 Å². The SMILES string of the molecule is O=[N+]([O-])c1ccc(S(=O)(=O)N2CCc3[nH]ccc3C2)cc1. The van der Waals surface area contributed by atoms with Gasteiger partial charge in [0.25, 0.3) is 5.69 Å². The van der Waals surface area contributed by atoms with Crippen LogP contribution in [0.5, 0.6) is 0 Å². The minimum atomic E-state index is -3.63. The van der Waals surface area contributed by atoms with Crippen LogP contribution in [-0.4, -0.2) is 29.2 Å². The molecule has 7 nitrogen and oxygen atoms in total. The normalized spacial score (nSPS) is 15.6. The van der Waals surface area contributed by atoms with Crippen LogP contribution in [0.15, 0.2) is 41.4 Å². The highest BCUT2D eigenvalue weighted by molar-refractivity contribution is 7.89. The van der Waals surface area contributed by atoms with E-state index in [4.69, 9.17) is 0 Å². The lowest BCUT2D eigenvalue weighted by molar-refractivity contribution is -0.384. The number of nitrogens with zero attached hydrogens (tertiary/aromatic N) is 2. The third kappa shape index (κ3) is 2.43. The summed E-state index contributed by atoms with van der Waals surface area (Å²) in [6.45, 7) is 0.713. The monoisotopic (exact) mass is 307 g/mol. The fraction of sp³-hybridized carbons (Fsp3) is 0.231. The quantitative estimate of drug-likeness (QED) is 0.689. The summed E-state index contributed by atoms with van der Waals surface area (Å²) in [5, 5.41) is 10.6. The Morgan fingerprint density at radius 2 is 1.90 bits per heavy atom. The second-order valence-corrected chi connectivity index (χ2v) is 6.76. The number of H-pyrrole nitrogens is 1. The zero-order chi connectivity index (χ0) is 15.0. The molecule has 1 aliphatic rings. The van der Waals surface area contributed by atoms with E-state index in [1.807, 2.05) is 6.07 Å². The first-order valence-corrected chi connectivity index (χ1v) is 7.82. The van der Waals surface area contributed by atoms with Gasteiger partial charge in [0.15, 0.2) is 0 Å². The van der Waals surface area contributed by atoms with Gasteiger partial charge in [-0.05, 0) is 23.8 Å². The van der Waals surface area contributed by atoms with Crippen LogP contribution in [0.3, 0.4) is 0 Å². The zero-order valence-electron chi connectivity index (χ0n) is 11.0. The third-order valence-electron chi connectivity index (χ3n) is 3.57. The number of aromatic amines is 1. The van der Waals surface area contributed by atoms with Gasteiger partial charge in [-0.1, -0.05) is 0 Å². The van der Waals surface area contributed by atoms with Crippen LogP contribution in [0.4, 0.5) is 5.69 Å². The Balaban J connectivity index is 1.89. The molecular weight excluding hydrogens is 294 g/mol. The summed E-state index contributed by atoms with van der Waals surface area (Å²) >= 11 is 0. The van der Waals surface area contributed by atoms with Crippen molar-refractivity contribution in [1.29, 1.82) is 0 Å². The number of nitro benzene ring substituents is 1. The predicted molar refractivity (Wildman–Crippen MR) is 75.2 cm³/mol. The fourth-order valence-electron chi connectivity index (χ4n) is 2.42. The highest BCUT2D eigenvalue weighted by Crippen LogP contribution is 2.25. The van der Waals surface area contributed by atoms with E-state index in [1.165, 1.54) is 28.6 Å². The topological polar surface area (TPSA) is 96.3 Å². The number of hydrogen-bond donors (Lipinski definition) is 1. The van der Waals surface area contributed by atoms with Crippen molar-refractivity contribution in [3.63, 3.8) is 0 Å². The largest absolute Gasteiger partial charge is 0.365 e. The van der Waals surface area contributed by atoms with E-state index in [1.54, 1.807) is 6.20 Å². The van der Waals surface area contributed by atoms with Crippen LogP contribution in [0.2, 0.25) is 0 Å². The molecule has 0 radical (unpaired) electrons. The van der Waals surface area contributed by atoms with E-state index in [2.05, 4.69) is 4.98 Å². The summed E-state index contributed by atoms with van der Waals surface area (Å²) < 4.78 is 26.5. The number of non-ortho nitro benzene ring substituents is 1. The van der Waals surface area contributed by atoms with Gasteiger partial charge >= 0.3 is 0 Å². The van der Waals surface area contributed by atoms with Crippen LogP contribution in [-0.2, 0) is 23.0 Å². The number of aromatic nitrogens is 1. The van der Waals surface area contributed by atoms with Crippen LogP contribution in [0.1, 0.15) is 11.3 Å². The van der Waals surface area contributed by atoms with Crippen molar-refractivity contribution < 1.29 is 13.3 Å². The maximum Gasteiger partial charge on any atom is 0.269 e. The average Bonchev–Trinajstić information content (AvgIpc) is 2.94. The molecule has 0 amide bonds. The van der Waals surface area contributed by atoms with E-state index in [9.17, 15) is 18.5 Å². The molecule has 110 valence electrons. The summed E-state index contributed by atoms with van der Waals surface area (Å²) in [6.07, 6.45) is 2.43. The first-order valence-electron chi connectivity index (χ1n) is 6.38. The summed E-state index contributed by atoms with van der Waals surface area (Å²) in [7, 11) is -3.63. The van der Waals surface area contributed by atoms with Crippen LogP contribution < -0.4 is 0 Å². The van der Waals surface area contributed by atoms with Gasteiger partial charge in [0.05, 0.1) is 9.82 Å². The number of fused-ring (bicyclic) bond motifs is 1. The smallest absolute Gasteiger partial charge is 0.269 e. The van der Waals surface area contributed by atoms with E-state index < -0.39 is 14.9 Å². The molecule has 2 heterocycles. The minimum absolute atomic E-state index is 0.0760. The molecule has 3 rings (SSSR count). The molecule has 0 atom stereocenters. The lowest BCUT2D eigenvalue weighted by Gasteiger charge is -2.26. The van der Waals surface area contributed by atoms with Gasteiger partial charge in [-0.25, -0.2) is 8.42 Å². The third-order valence-corrected chi connectivity index (χ3v) is 5.43. The lowest BCUT2D eigenvalue weighted by Crippen LogP contribution is -2.35. The molecule has 0 unspecified atom stereocenters. The Morgan fingerprint density at radius 1 is 1.19 bits per heavy atom. The van der Waals surface area contributed by atoms with Gasteiger partial charge < -0.3 is 4.98 Å². The van der Waals surface area contributed by atoms with Gasteiger partial charge in [-0.3, -0.25) is 10.1 Å². The highest BCUT2D eigenvalue weighted by Gasteiger charge is 2.29. The summed E-state index contributed by atoms with van der Waals surface area (Å²) in [5.74, 6) is 0. The number of nitrogens with one attached hydrogen (secondary N) is 1. The Labute approximate surface area is 121 Å². The first kappa shape index (κ1) is 13.8. The Hall–Kier alpha value is -2.19. The van der Waals surface area contributed by atoms with Crippen LogP contribution in [0.25, 0.3) is 0 Å². The summed E-state index contributed by atoms with van der Waals surface area (Å²) in [6, 6.07) is 6.84. The van der Waals surface area contributed by atoms with Crippen molar-refractivity contribution >= 4 is 15.7 Å². The summed E-state index contributed by atoms with van der Waals surface area (Å²) in [5.41, 5.74) is 1.90. The lowest BCUT2D eigenvalue weighted by atomic mass is 10.1. The number of sulfonamides is 1. The first-order chi connectivity index (χ1) is 9.98. The second kappa shape index (κ2) is 4.97. The van der Waals surface area contributed by atoms with Crippen molar-refractivity contribution in [3.8, 4) is 0 Å². The zero-order valence-corrected chi connectivity index (χ0v) is 11.8. The number of nitro groups is 1. The van der Waals surface area contributed by atoms with Crippen molar-refractivity contribution in [2.75, 3.05) is 6.54 Å². The molecule has 2 aromatic rings. The number of hydrogen-bond acceptors (Lipinski definition) is 4. The van der Waals surface area contributed by atoms with Gasteiger partial charge in [0, 0.05) is 43.5 Å². The minimum Gasteiger partial charge on any atom is -0.365 e. The molecule has 21 heavy (non-hydrogen) atoms. The molecule has 1 aliphatic heterocycles. The van der Waals surface area contributed by atoms with Gasteiger partial charge in [0.1, 0.15) is 0 Å². The molecule has 0 aliphatic carbocycles. The Morgan fingerprint density at radius 3 is 2.57 bits per heavy atom. The fourth-order valence-corrected chi connectivity index (χ4v) is 3.84. The Bertz CT molecular complexity index is 780. The highest BCUT2D eigenvalue weighted by atomic mass is 32.2. The Kier molecular flexibility index (Phi) is 3.26. The molecule has 1 N–H and O–H groups in total. The molecule has 0 bridgehead atoms. The van der Waals surface area contributed by atoms with E-state index in [0.29, 0.717) is 19.5 Å². The van der Waals surface area contributed by atoms with Crippen molar-refractivity contribution in [1.82, 2.24) is 9.29 Å². The van der Waals surface area contributed by atoms with Gasteiger partial charge in [-0.15, -0.1) is 0 Å². The molecule has 1 aromatic carbocycles. The molecule has 0 fully saturated rings. The second-order valence-electron chi connectivity index (χ2n) is 4.82. The van der Waals surface area contributed by atoms with Crippen LogP contribution in [0, 0.1) is 10.1 Å². The summed E-state index contributed by atoms with van der Waals surface area (Å²) in [4.78, 5) is 13.2. The number of rotatable bonds is 3. The van der Waals surface area contributed by atoms with Crippen molar-refractivity contribution in [2.24, 2.45) is 0 Å².